The number of nitrogens with zero attached hydrogens (tertiary/aromatic N) is 4. The Kier molecular flexibility index (Phi) is 4.13. The molecule has 0 amide bonds. The van der Waals surface area contributed by atoms with Gasteiger partial charge >= 0.3 is 0 Å². The summed E-state index contributed by atoms with van der Waals surface area (Å²) < 4.78 is 0. The Morgan fingerprint density at radius 3 is 1.32 bits per heavy atom. The highest BCUT2D eigenvalue weighted by atomic mass is 16.3. The second kappa shape index (κ2) is 6.38. The summed E-state index contributed by atoms with van der Waals surface area (Å²) in [6, 6.07) is 14.6. The number of aromatic nitrogens is 4. The predicted molar refractivity (Wildman–Crippen MR) is 80.3 cm³/mol. The molecule has 0 atom stereocenters. The minimum absolute atomic E-state index is 0.103. The first kappa shape index (κ1) is 14.2. The molecule has 1 aromatic heterocycles. The summed E-state index contributed by atoms with van der Waals surface area (Å²) in [4.78, 5) is 0. The Morgan fingerprint density at radius 2 is 0.955 bits per heavy atom. The third-order valence-electron chi connectivity index (χ3n) is 3.34. The Bertz CT molecular complexity index is 709. The van der Waals surface area contributed by atoms with E-state index in [1.165, 1.54) is 0 Å². The van der Waals surface area contributed by atoms with Crippen LogP contribution in [0.25, 0.3) is 22.8 Å². The highest BCUT2D eigenvalue weighted by Gasteiger charge is 2.11. The van der Waals surface area contributed by atoms with Crippen molar-refractivity contribution in [2.45, 2.75) is 13.2 Å². The smallest absolute Gasteiger partial charge is 0.204 e. The molecular formula is C16H14N4O2. The zero-order valence-electron chi connectivity index (χ0n) is 11.7. The number of hydrogen-bond acceptors (Lipinski definition) is 6. The number of aliphatic hydroxyl groups excluding tert-OH is 2. The van der Waals surface area contributed by atoms with Gasteiger partial charge in [-0.05, 0) is 11.1 Å². The van der Waals surface area contributed by atoms with Crippen molar-refractivity contribution in [2.24, 2.45) is 0 Å². The van der Waals surface area contributed by atoms with Crippen LogP contribution in [0.2, 0.25) is 0 Å². The van der Waals surface area contributed by atoms with Crippen molar-refractivity contribution < 1.29 is 10.2 Å². The van der Waals surface area contributed by atoms with Crippen LogP contribution in [0, 0.1) is 0 Å². The minimum atomic E-state index is -0.103. The Labute approximate surface area is 127 Å². The standard InChI is InChI=1S/C16H14N4O2/c21-9-11-5-1-3-7-13(11)15-17-19-16(20-18-15)14-8-4-2-6-12(14)10-22/h1-8,21-22H,9-10H2. The molecule has 2 aromatic carbocycles. The zero-order chi connectivity index (χ0) is 15.4. The number of benzene rings is 2. The molecule has 0 aliphatic carbocycles. The molecule has 0 unspecified atom stereocenters. The van der Waals surface area contributed by atoms with Gasteiger partial charge in [-0.25, -0.2) is 0 Å². The van der Waals surface area contributed by atoms with Crippen molar-refractivity contribution in [2.75, 3.05) is 0 Å². The molecule has 6 nitrogen and oxygen atoms in total. The molecular weight excluding hydrogens is 280 g/mol. The van der Waals surface area contributed by atoms with Gasteiger partial charge in [0, 0.05) is 11.1 Å². The average Bonchev–Trinajstić information content (AvgIpc) is 2.62. The Morgan fingerprint density at radius 1 is 0.591 bits per heavy atom. The maximum atomic E-state index is 9.36. The third kappa shape index (κ3) is 2.69. The normalized spacial score (nSPS) is 10.6. The van der Waals surface area contributed by atoms with E-state index in [0.29, 0.717) is 22.8 Å². The van der Waals surface area contributed by atoms with Crippen molar-refractivity contribution in [1.82, 2.24) is 20.4 Å². The lowest BCUT2D eigenvalue weighted by Gasteiger charge is -2.06. The first-order valence-corrected chi connectivity index (χ1v) is 6.79. The van der Waals surface area contributed by atoms with E-state index in [4.69, 9.17) is 0 Å². The molecule has 0 bridgehead atoms. The highest BCUT2D eigenvalue weighted by molar-refractivity contribution is 5.61. The summed E-state index contributed by atoms with van der Waals surface area (Å²) >= 11 is 0. The molecule has 6 heteroatoms. The second-order valence-corrected chi connectivity index (χ2v) is 4.68. The minimum Gasteiger partial charge on any atom is -0.392 e. The number of hydrogen-bond donors (Lipinski definition) is 2. The molecule has 0 aliphatic rings. The average molecular weight is 294 g/mol. The molecule has 1 heterocycles. The van der Waals surface area contributed by atoms with E-state index in [0.717, 1.165) is 11.1 Å². The van der Waals surface area contributed by atoms with Gasteiger partial charge in [-0.2, -0.15) is 0 Å². The largest absolute Gasteiger partial charge is 0.392 e. The van der Waals surface area contributed by atoms with Gasteiger partial charge in [-0.1, -0.05) is 48.5 Å². The molecule has 0 saturated heterocycles. The maximum absolute atomic E-state index is 9.36. The summed E-state index contributed by atoms with van der Waals surface area (Å²) in [5.41, 5.74) is 2.84. The maximum Gasteiger partial charge on any atom is 0.204 e. The Hall–Kier alpha value is -2.70. The van der Waals surface area contributed by atoms with Gasteiger partial charge in [-0.15, -0.1) is 20.4 Å². The van der Waals surface area contributed by atoms with Crippen LogP contribution < -0.4 is 0 Å². The highest BCUT2D eigenvalue weighted by Crippen LogP contribution is 2.22. The van der Waals surface area contributed by atoms with Crippen molar-refractivity contribution >= 4 is 0 Å². The van der Waals surface area contributed by atoms with Crippen LogP contribution in [-0.4, -0.2) is 30.6 Å². The summed E-state index contributed by atoms with van der Waals surface area (Å²) in [5.74, 6) is 0.713. The van der Waals surface area contributed by atoms with Crippen LogP contribution in [0.4, 0.5) is 0 Å². The van der Waals surface area contributed by atoms with Crippen LogP contribution >= 0.6 is 0 Å². The fourth-order valence-electron chi connectivity index (χ4n) is 2.20. The van der Waals surface area contributed by atoms with E-state index in [-0.39, 0.29) is 13.2 Å². The van der Waals surface area contributed by atoms with E-state index < -0.39 is 0 Å². The van der Waals surface area contributed by atoms with Crippen LogP contribution in [0.15, 0.2) is 48.5 Å². The van der Waals surface area contributed by atoms with Gasteiger partial charge in [-0.3, -0.25) is 0 Å². The molecule has 0 aliphatic heterocycles. The van der Waals surface area contributed by atoms with E-state index >= 15 is 0 Å². The van der Waals surface area contributed by atoms with Gasteiger partial charge in [0.05, 0.1) is 13.2 Å². The van der Waals surface area contributed by atoms with Gasteiger partial charge in [0.15, 0.2) is 0 Å². The topological polar surface area (TPSA) is 92.0 Å². The molecule has 110 valence electrons. The first-order chi connectivity index (χ1) is 10.8. The van der Waals surface area contributed by atoms with Gasteiger partial charge in [0.25, 0.3) is 0 Å². The monoisotopic (exact) mass is 294 g/mol. The predicted octanol–water partition coefficient (Wildman–Crippen LogP) is 1.59. The SMILES string of the molecule is OCc1ccccc1-c1nnc(-c2ccccc2CO)nn1. The second-order valence-electron chi connectivity index (χ2n) is 4.68. The van der Waals surface area contributed by atoms with Gasteiger partial charge in [0.2, 0.25) is 11.6 Å². The van der Waals surface area contributed by atoms with Crippen LogP contribution in [0.1, 0.15) is 11.1 Å². The quantitative estimate of drug-likeness (QED) is 0.759. The van der Waals surface area contributed by atoms with Crippen molar-refractivity contribution in [3.63, 3.8) is 0 Å². The third-order valence-corrected chi connectivity index (χ3v) is 3.34. The number of rotatable bonds is 4. The molecule has 3 aromatic rings. The molecule has 2 N–H and O–H groups in total. The summed E-state index contributed by atoms with van der Waals surface area (Å²) in [6.45, 7) is -0.205. The van der Waals surface area contributed by atoms with E-state index in [9.17, 15) is 10.2 Å². The fourth-order valence-corrected chi connectivity index (χ4v) is 2.20. The first-order valence-electron chi connectivity index (χ1n) is 6.79. The lowest BCUT2D eigenvalue weighted by Crippen LogP contribution is -2.02. The molecule has 0 saturated carbocycles. The fraction of sp³-hybridized carbons (Fsp3) is 0.125. The van der Waals surface area contributed by atoms with E-state index in [2.05, 4.69) is 20.4 Å². The van der Waals surface area contributed by atoms with Crippen molar-refractivity contribution in [3.05, 3.63) is 59.7 Å². The molecule has 22 heavy (non-hydrogen) atoms. The number of aliphatic hydroxyl groups is 2. The summed E-state index contributed by atoms with van der Waals surface area (Å²) in [5, 5.41) is 35.1. The van der Waals surface area contributed by atoms with Crippen LogP contribution in [-0.2, 0) is 13.2 Å². The van der Waals surface area contributed by atoms with Crippen molar-refractivity contribution in [3.8, 4) is 22.8 Å². The molecule has 0 fully saturated rings. The van der Waals surface area contributed by atoms with Gasteiger partial charge in [0.1, 0.15) is 0 Å². The molecule has 0 radical (unpaired) electrons. The van der Waals surface area contributed by atoms with Crippen molar-refractivity contribution in [1.29, 1.82) is 0 Å². The summed E-state index contributed by atoms with van der Waals surface area (Å²) in [6.07, 6.45) is 0. The van der Waals surface area contributed by atoms with Crippen LogP contribution in [0.5, 0.6) is 0 Å². The lowest BCUT2D eigenvalue weighted by molar-refractivity contribution is 0.282. The zero-order valence-corrected chi connectivity index (χ0v) is 11.7. The van der Waals surface area contributed by atoms with Crippen LogP contribution in [0.3, 0.4) is 0 Å². The Balaban J connectivity index is 2.00. The molecule has 3 rings (SSSR count). The summed E-state index contributed by atoms with van der Waals surface area (Å²) in [7, 11) is 0. The molecule has 0 spiro atoms. The van der Waals surface area contributed by atoms with Gasteiger partial charge < -0.3 is 10.2 Å². The van der Waals surface area contributed by atoms with E-state index in [1.54, 1.807) is 12.1 Å². The van der Waals surface area contributed by atoms with E-state index in [1.807, 2.05) is 36.4 Å². The lowest BCUT2D eigenvalue weighted by atomic mass is 10.1.